The van der Waals surface area contributed by atoms with Gasteiger partial charge in [-0.05, 0) is 31.8 Å². The second-order valence-corrected chi connectivity index (χ2v) is 4.93. The van der Waals surface area contributed by atoms with Crippen LogP contribution in [-0.4, -0.2) is 39.6 Å². The third-order valence-electron chi connectivity index (χ3n) is 2.16. The monoisotopic (exact) mass is 239 g/mol. The maximum atomic E-state index is 5.89. The van der Waals surface area contributed by atoms with Gasteiger partial charge < -0.3 is 9.80 Å². The summed E-state index contributed by atoms with van der Waals surface area (Å²) in [5.74, 6) is 0. The summed E-state index contributed by atoms with van der Waals surface area (Å²) < 4.78 is 0. The summed E-state index contributed by atoms with van der Waals surface area (Å²) in [4.78, 5) is 3.48. The molecule has 1 rings (SSSR count). The molecule has 1 aromatic rings. The molecule has 0 fully saturated rings. The minimum Gasteiger partial charge on any atom is -0.313 e. The number of hydrogen-bond donors (Lipinski definition) is 1. The van der Waals surface area contributed by atoms with Gasteiger partial charge in [0.1, 0.15) is 0 Å². The van der Waals surface area contributed by atoms with Crippen molar-refractivity contribution in [3.8, 4) is 0 Å². The van der Waals surface area contributed by atoms with Gasteiger partial charge in [-0.15, -0.1) is 0 Å². The van der Waals surface area contributed by atoms with E-state index in [-0.39, 0.29) is 0 Å². The molecule has 0 saturated heterocycles. The fraction of sp³-hybridized carbons (Fsp3) is 0.385. The van der Waals surface area contributed by atoms with Gasteiger partial charge in [0.15, 0.2) is 0 Å². The summed E-state index contributed by atoms with van der Waals surface area (Å²) >= 11 is 5.89. The molecule has 0 unspecified atom stereocenters. The molecule has 0 radical (unpaired) electrons. The molecule has 88 valence electrons. The van der Waals surface area contributed by atoms with Crippen molar-refractivity contribution in [3.63, 3.8) is 0 Å². The van der Waals surface area contributed by atoms with Gasteiger partial charge in [0.25, 0.3) is 0 Å². The molecule has 0 spiro atoms. The quantitative estimate of drug-likeness (QED) is 0.835. The van der Waals surface area contributed by atoms with E-state index in [4.69, 9.17) is 11.6 Å². The molecule has 3 heteroatoms. The van der Waals surface area contributed by atoms with Crippen molar-refractivity contribution in [1.82, 2.24) is 4.90 Å². The molecule has 1 aromatic carbocycles. The molecule has 0 atom stereocenters. The Hall–Kier alpha value is -0.830. The van der Waals surface area contributed by atoms with Gasteiger partial charge in [-0.2, -0.15) is 0 Å². The van der Waals surface area contributed by atoms with Gasteiger partial charge in [0.2, 0.25) is 0 Å². The van der Waals surface area contributed by atoms with Crippen LogP contribution in [0.4, 0.5) is 0 Å². The standard InChI is InChI=1S/C13H19ClN2/c1-15(2)9-12(10-16(3)4)11-5-7-13(14)8-6-11/h5-9H,10H2,1-4H3/p+1/b12-9-. The highest BCUT2D eigenvalue weighted by Gasteiger charge is 2.06. The van der Waals surface area contributed by atoms with E-state index in [9.17, 15) is 0 Å². The highest BCUT2D eigenvalue weighted by Crippen LogP contribution is 2.17. The van der Waals surface area contributed by atoms with E-state index in [1.165, 1.54) is 16.0 Å². The Balaban J connectivity index is 2.96. The van der Waals surface area contributed by atoms with Crippen LogP contribution in [0.15, 0.2) is 30.5 Å². The normalized spacial score (nSPS) is 12.6. The summed E-state index contributed by atoms with van der Waals surface area (Å²) in [5, 5.41) is 0.783. The summed E-state index contributed by atoms with van der Waals surface area (Å²) in [7, 11) is 8.39. The van der Waals surface area contributed by atoms with Gasteiger partial charge in [0, 0.05) is 17.1 Å². The van der Waals surface area contributed by atoms with Crippen molar-refractivity contribution in [2.75, 3.05) is 34.7 Å². The van der Waals surface area contributed by atoms with Crippen molar-refractivity contribution in [1.29, 1.82) is 0 Å². The Morgan fingerprint density at radius 2 is 1.81 bits per heavy atom. The Morgan fingerprint density at radius 3 is 2.25 bits per heavy atom. The predicted molar refractivity (Wildman–Crippen MR) is 70.8 cm³/mol. The number of quaternary nitrogens is 1. The first-order chi connectivity index (χ1) is 7.49. The molecule has 0 saturated carbocycles. The zero-order valence-electron chi connectivity index (χ0n) is 10.4. The highest BCUT2D eigenvalue weighted by atomic mass is 35.5. The number of rotatable bonds is 4. The maximum Gasteiger partial charge on any atom is 0.0989 e. The molecule has 16 heavy (non-hydrogen) atoms. The molecule has 0 bridgehead atoms. The fourth-order valence-electron chi connectivity index (χ4n) is 1.57. The van der Waals surface area contributed by atoms with E-state index in [0.717, 1.165) is 11.6 Å². The van der Waals surface area contributed by atoms with E-state index in [2.05, 4.69) is 51.4 Å². The summed E-state index contributed by atoms with van der Waals surface area (Å²) in [6, 6.07) is 8.01. The van der Waals surface area contributed by atoms with E-state index in [1.54, 1.807) is 0 Å². The average Bonchev–Trinajstić information content (AvgIpc) is 2.16. The lowest BCUT2D eigenvalue weighted by Gasteiger charge is -2.14. The van der Waals surface area contributed by atoms with Crippen LogP contribution in [-0.2, 0) is 0 Å². The van der Waals surface area contributed by atoms with Crippen LogP contribution in [0.25, 0.3) is 5.57 Å². The molecular formula is C13H20ClN2+. The van der Waals surface area contributed by atoms with Gasteiger partial charge in [-0.25, -0.2) is 0 Å². The molecule has 1 N–H and O–H groups in total. The lowest BCUT2D eigenvalue weighted by Crippen LogP contribution is -3.00. The largest absolute Gasteiger partial charge is 0.313 e. The average molecular weight is 240 g/mol. The minimum atomic E-state index is 0.783. The minimum absolute atomic E-state index is 0.783. The van der Waals surface area contributed by atoms with E-state index >= 15 is 0 Å². The summed E-state index contributed by atoms with van der Waals surface area (Å²) in [6.45, 7) is 0.937. The Kier molecular flexibility index (Phi) is 5.00. The van der Waals surface area contributed by atoms with Crippen LogP contribution in [0.1, 0.15) is 5.56 Å². The first-order valence-electron chi connectivity index (χ1n) is 5.40. The van der Waals surface area contributed by atoms with Crippen molar-refractivity contribution in [2.45, 2.75) is 0 Å². The SMILES string of the molecule is CN(C)C/C(=C/[NH+](C)C)c1ccc(Cl)cc1. The van der Waals surface area contributed by atoms with E-state index < -0.39 is 0 Å². The Bertz CT molecular complexity index is 353. The van der Waals surface area contributed by atoms with Gasteiger partial charge in [0.05, 0.1) is 20.3 Å². The van der Waals surface area contributed by atoms with Crippen molar-refractivity contribution >= 4 is 17.2 Å². The third kappa shape index (κ3) is 4.35. The second kappa shape index (κ2) is 6.04. The van der Waals surface area contributed by atoms with Crippen LogP contribution < -0.4 is 4.90 Å². The molecule has 2 nitrogen and oxygen atoms in total. The number of nitrogens with zero attached hydrogens (tertiary/aromatic N) is 1. The molecule has 0 aliphatic carbocycles. The van der Waals surface area contributed by atoms with Gasteiger partial charge >= 0.3 is 0 Å². The van der Waals surface area contributed by atoms with Crippen LogP contribution >= 0.6 is 11.6 Å². The van der Waals surface area contributed by atoms with Gasteiger partial charge in [-0.1, -0.05) is 23.7 Å². The first kappa shape index (κ1) is 13.2. The molecule has 0 aliphatic rings. The lowest BCUT2D eigenvalue weighted by atomic mass is 10.1. The highest BCUT2D eigenvalue weighted by molar-refractivity contribution is 6.30. The zero-order valence-corrected chi connectivity index (χ0v) is 11.2. The summed E-state index contributed by atoms with van der Waals surface area (Å²) in [6.07, 6.45) is 2.23. The van der Waals surface area contributed by atoms with E-state index in [0.29, 0.717) is 0 Å². The number of nitrogens with one attached hydrogen (secondary N) is 1. The van der Waals surface area contributed by atoms with Crippen LogP contribution in [0.3, 0.4) is 0 Å². The van der Waals surface area contributed by atoms with Crippen LogP contribution in [0.5, 0.6) is 0 Å². The molecule has 0 aromatic heterocycles. The topological polar surface area (TPSA) is 7.68 Å². The van der Waals surface area contributed by atoms with Crippen LogP contribution in [0.2, 0.25) is 5.02 Å². The zero-order chi connectivity index (χ0) is 12.1. The summed E-state index contributed by atoms with van der Waals surface area (Å²) in [5.41, 5.74) is 2.56. The number of likely N-dealkylation sites (N-methyl/N-ethyl adjacent to an activating group) is 1. The number of hydrogen-bond acceptors (Lipinski definition) is 1. The fourth-order valence-corrected chi connectivity index (χ4v) is 1.70. The van der Waals surface area contributed by atoms with E-state index in [1.807, 2.05) is 12.1 Å². The molecule has 0 aliphatic heterocycles. The third-order valence-corrected chi connectivity index (χ3v) is 2.42. The number of benzene rings is 1. The molecule has 0 amide bonds. The predicted octanol–water partition coefficient (Wildman–Crippen LogP) is 1.39. The lowest BCUT2D eigenvalue weighted by molar-refractivity contribution is -0.800. The maximum absolute atomic E-state index is 5.89. The number of halogens is 1. The molecular weight excluding hydrogens is 220 g/mol. The molecule has 0 heterocycles. The van der Waals surface area contributed by atoms with Crippen molar-refractivity contribution in [2.24, 2.45) is 0 Å². The van der Waals surface area contributed by atoms with Crippen LogP contribution in [0, 0.1) is 0 Å². The van der Waals surface area contributed by atoms with Crippen molar-refractivity contribution < 1.29 is 4.90 Å². The van der Waals surface area contributed by atoms with Crippen molar-refractivity contribution in [3.05, 3.63) is 41.1 Å². The first-order valence-corrected chi connectivity index (χ1v) is 5.78. The Labute approximate surface area is 103 Å². The second-order valence-electron chi connectivity index (χ2n) is 4.49. The Morgan fingerprint density at radius 1 is 1.25 bits per heavy atom. The van der Waals surface area contributed by atoms with Gasteiger partial charge in [-0.3, -0.25) is 0 Å². The smallest absolute Gasteiger partial charge is 0.0989 e.